The number of nitrogens with zero attached hydrogens (tertiary/aromatic N) is 2. The van der Waals surface area contributed by atoms with E-state index in [1.807, 2.05) is 58.3 Å². The summed E-state index contributed by atoms with van der Waals surface area (Å²) in [7, 11) is 3.35. The first-order valence-corrected chi connectivity index (χ1v) is 7.79. The Hall–Kier alpha value is -2.11. The van der Waals surface area contributed by atoms with Crippen molar-refractivity contribution in [2.75, 3.05) is 27.4 Å². The SMILES string of the molecule is COC[C@@H]1C[C@@H](OC)CN1C(=O)c1ccc(-n2cccc2)cc1. The Balaban J connectivity index is 1.76. The second kappa shape index (κ2) is 6.98. The number of benzene rings is 1. The number of ether oxygens (including phenoxy) is 2. The molecule has 2 atom stereocenters. The van der Waals surface area contributed by atoms with Gasteiger partial charge >= 0.3 is 0 Å². The Bertz CT molecular complexity index is 637. The number of hydrogen-bond acceptors (Lipinski definition) is 3. The zero-order valence-corrected chi connectivity index (χ0v) is 13.5. The minimum Gasteiger partial charge on any atom is -0.383 e. The predicted octanol–water partition coefficient (Wildman–Crippen LogP) is 2.35. The molecule has 122 valence electrons. The molecule has 3 rings (SSSR count). The molecule has 2 heterocycles. The zero-order valence-electron chi connectivity index (χ0n) is 13.5. The van der Waals surface area contributed by atoms with Gasteiger partial charge in [0.25, 0.3) is 5.91 Å². The van der Waals surface area contributed by atoms with E-state index in [-0.39, 0.29) is 18.1 Å². The fraction of sp³-hybridized carbons (Fsp3) is 0.389. The molecule has 0 spiro atoms. The van der Waals surface area contributed by atoms with Crippen LogP contribution in [0.2, 0.25) is 0 Å². The normalized spacial score (nSPS) is 20.9. The van der Waals surface area contributed by atoms with E-state index < -0.39 is 0 Å². The van der Waals surface area contributed by atoms with E-state index in [4.69, 9.17) is 9.47 Å². The van der Waals surface area contributed by atoms with Crippen molar-refractivity contribution in [2.24, 2.45) is 0 Å². The standard InChI is InChI=1S/C18H22N2O3/c1-22-13-16-11-17(23-2)12-20(16)18(21)14-5-7-15(8-6-14)19-9-3-4-10-19/h3-10,16-17H,11-13H2,1-2H3/t16-,17+/m0/s1. The lowest BCUT2D eigenvalue weighted by molar-refractivity contribution is 0.0612. The summed E-state index contributed by atoms with van der Waals surface area (Å²) in [5, 5.41) is 0. The third-order valence-corrected chi connectivity index (χ3v) is 4.35. The van der Waals surface area contributed by atoms with Crippen molar-refractivity contribution < 1.29 is 14.3 Å². The summed E-state index contributed by atoms with van der Waals surface area (Å²) in [5.74, 6) is 0.0330. The van der Waals surface area contributed by atoms with Gasteiger partial charge in [0.2, 0.25) is 0 Å². The van der Waals surface area contributed by atoms with Crippen molar-refractivity contribution in [3.8, 4) is 5.69 Å². The van der Waals surface area contributed by atoms with Gasteiger partial charge in [0, 0.05) is 44.4 Å². The first-order valence-electron chi connectivity index (χ1n) is 7.79. The maximum Gasteiger partial charge on any atom is 0.254 e. The predicted molar refractivity (Wildman–Crippen MR) is 87.9 cm³/mol. The van der Waals surface area contributed by atoms with E-state index in [9.17, 15) is 4.79 Å². The number of likely N-dealkylation sites (tertiary alicyclic amines) is 1. The van der Waals surface area contributed by atoms with Crippen LogP contribution in [0.1, 0.15) is 16.8 Å². The number of carbonyl (C=O) groups is 1. The smallest absolute Gasteiger partial charge is 0.254 e. The van der Waals surface area contributed by atoms with Gasteiger partial charge in [-0.25, -0.2) is 0 Å². The van der Waals surface area contributed by atoms with Crippen LogP contribution in [0.3, 0.4) is 0 Å². The van der Waals surface area contributed by atoms with Gasteiger partial charge in [0.15, 0.2) is 0 Å². The van der Waals surface area contributed by atoms with Crippen molar-refractivity contribution in [3.05, 3.63) is 54.4 Å². The van der Waals surface area contributed by atoms with Gasteiger partial charge < -0.3 is 18.9 Å². The van der Waals surface area contributed by atoms with Crippen LogP contribution in [0, 0.1) is 0 Å². The maximum absolute atomic E-state index is 12.8. The fourth-order valence-electron chi connectivity index (χ4n) is 3.09. The Kier molecular flexibility index (Phi) is 4.79. The highest BCUT2D eigenvalue weighted by Crippen LogP contribution is 2.23. The highest BCUT2D eigenvalue weighted by atomic mass is 16.5. The molecule has 1 aliphatic rings. The van der Waals surface area contributed by atoms with Crippen LogP contribution in [0.5, 0.6) is 0 Å². The lowest BCUT2D eigenvalue weighted by Gasteiger charge is -2.24. The average molecular weight is 314 g/mol. The van der Waals surface area contributed by atoms with Gasteiger partial charge in [-0.2, -0.15) is 0 Å². The van der Waals surface area contributed by atoms with Gasteiger partial charge in [-0.15, -0.1) is 0 Å². The Morgan fingerprint density at radius 3 is 2.48 bits per heavy atom. The summed E-state index contributed by atoms with van der Waals surface area (Å²) in [4.78, 5) is 14.7. The Labute approximate surface area is 136 Å². The number of carbonyl (C=O) groups excluding carboxylic acids is 1. The van der Waals surface area contributed by atoms with Crippen LogP contribution in [0.4, 0.5) is 0 Å². The van der Waals surface area contributed by atoms with E-state index in [1.54, 1.807) is 14.2 Å². The molecule has 0 unspecified atom stereocenters. The molecular weight excluding hydrogens is 292 g/mol. The van der Waals surface area contributed by atoms with Gasteiger partial charge in [-0.05, 0) is 42.8 Å². The highest BCUT2D eigenvalue weighted by molar-refractivity contribution is 5.94. The van der Waals surface area contributed by atoms with Crippen LogP contribution < -0.4 is 0 Å². The van der Waals surface area contributed by atoms with Gasteiger partial charge in [-0.1, -0.05) is 0 Å². The molecule has 1 amide bonds. The Morgan fingerprint density at radius 2 is 1.87 bits per heavy atom. The lowest BCUT2D eigenvalue weighted by Crippen LogP contribution is -2.38. The molecule has 1 fully saturated rings. The first kappa shape index (κ1) is 15.8. The van der Waals surface area contributed by atoms with E-state index in [0.717, 1.165) is 12.1 Å². The summed E-state index contributed by atoms with van der Waals surface area (Å²) < 4.78 is 12.7. The zero-order chi connectivity index (χ0) is 16.2. The van der Waals surface area contributed by atoms with Gasteiger partial charge in [0.1, 0.15) is 0 Å². The van der Waals surface area contributed by atoms with Crippen molar-refractivity contribution in [1.82, 2.24) is 9.47 Å². The van der Waals surface area contributed by atoms with Crippen LogP contribution in [0.15, 0.2) is 48.8 Å². The molecule has 1 saturated heterocycles. The quantitative estimate of drug-likeness (QED) is 0.851. The highest BCUT2D eigenvalue weighted by Gasteiger charge is 2.35. The number of rotatable bonds is 5. The summed E-state index contributed by atoms with van der Waals surface area (Å²) >= 11 is 0. The molecule has 5 nitrogen and oxygen atoms in total. The lowest BCUT2D eigenvalue weighted by atomic mass is 10.1. The third-order valence-electron chi connectivity index (χ3n) is 4.35. The second-order valence-electron chi connectivity index (χ2n) is 5.80. The van der Waals surface area contributed by atoms with Crippen LogP contribution in [-0.2, 0) is 9.47 Å². The molecule has 23 heavy (non-hydrogen) atoms. The number of aromatic nitrogens is 1. The molecule has 2 aromatic rings. The third kappa shape index (κ3) is 3.30. The van der Waals surface area contributed by atoms with E-state index >= 15 is 0 Å². The van der Waals surface area contributed by atoms with E-state index in [0.29, 0.717) is 18.7 Å². The second-order valence-corrected chi connectivity index (χ2v) is 5.80. The van der Waals surface area contributed by atoms with E-state index in [1.165, 1.54) is 0 Å². The molecule has 0 bridgehead atoms. The van der Waals surface area contributed by atoms with Crippen LogP contribution in [-0.4, -0.2) is 54.9 Å². The summed E-state index contributed by atoms with van der Waals surface area (Å²) in [6.45, 7) is 1.15. The topological polar surface area (TPSA) is 43.7 Å². The number of hydrogen-bond donors (Lipinski definition) is 0. The van der Waals surface area contributed by atoms with Crippen LogP contribution >= 0.6 is 0 Å². The minimum atomic E-state index is 0.0330. The van der Waals surface area contributed by atoms with Crippen LogP contribution in [0.25, 0.3) is 5.69 Å². The Morgan fingerprint density at radius 1 is 1.17 bits per heavy atom. The van der Waals surface area contributed by atoms with Crippen molar-refractivity contribution in [1.29, 1.82) is 0 Å². The molecule has 0 N–H and O–H groups in total. The van der Waals surface area contributed by atoms with Crippen molar-refractivity contribution in [2.45, 2.75) is 18.6 Å². The summed E-state index contributed by atoms with van der Waals surface area (Å²) in [5.41, 5.74) is 1.73. The molecule has 5 heteroatoms. The molecule has 1 aromatic carbocycles. The average Bonchev–Trinajstić information content (AvgIpc) is 3.24. The summed E-state index contributed by atoms with van der Waals surface area (Å²) in [6, 6.07) is 11.7. The van der Waals surface area contributed by atoms with Crippen molar-refractivity contribution >= 4 is 5.91 Å². The fourth-order valence-corrected chi connectivity index (χ4v) is 3.09. The molecule has 1 aromatic heterocycles. The van der Waals surface area contributed by atoms with Gasteiger partial charge in [0.05, 0.1) is 18.8 Å². The maximum atomic E-state index is 12.8. The molecule has 0 radical (unpaired) electrons. The number of amides is 1. The molecular formula is C18H22N2O3. The summed E-state index contributed by atoms with van der Waals surface area (Å²) in [6.07, 6.45) is 4.86. The molecule has 0 aliphatic carbocycles. The first-order chi connectivity index (χ1) is 11.2. The largest absolute Gasteiger partial charge is 0.383 e. The molecule has 1 aliphatic heterocycles. The van der Waals surface area contributed by atoms with E-state index in [2.05, 4.69) is 0 Å². The minimum absolute atomic E-state index is 0.0330. The van der Waals surface area contributed by atoms with Crippen molar-refractivity contribution in [3.63, 3.8) is 0 Å². The monoisotopic (exact) mass is 314 g/mol. The molecule has 0 saturated carbocycles. The number of methoxy groups -OCH3 is 2. The van der Waals surface area contributed by atoms with Gasteiger partial charge in [-0.3, -0.25) is 4.79 Å².